The van der Waals surface area contributed by atoms with E-state index in [0.717, 1.165) is 29.8 Å². The molecule has 1 aromatic heterocycles. The largest absolute Gasteiger partial charge is 0.374 e. The quantitative estimate of drug-likeness (QED) is 0.707. The van der Waals surface area contributed by atoms with Crippen LogP contribution in [0.1, 0.15) is 15.9 Å². The fourth-order valence-electron chi connectivity index (χ4n) is 3.62. The molecule has 152 valence electrons. The number of halogens is 2. The lowest BCUT2D eigenvalue weighted by molar-refractivity contribution is 0.0191. The fourth-order valence-corrected chi connectivity index (χ4v) is 3.62. The van der Waals surface area contributed by atoms with Gasteiger partial charge in [0.15, 0.2) is 0 Å². The molecule has 1 fully saturated rings. The molecule has 29 heavy (non-hydrogen) atoms. The van der Waals surface area contributed by atoms with Crippen molar-refractivity contribution in [1.29, 1.82) is 0 Å². The van der Waals surface area contributed by atoms with Crippen molar-refractivity contribution in [3.05, 3.63) is 53.1 Å². The van der Waals surface area contributed by atoms with E-state index in [4.69, 9.17) is 4.74 Å². The SMILES string of the molecule is CNC(=O)c1cc(F)c(-c2nc3cc(C)ccc3n2C[C@@H]2CNCCO2)c(F)c1. The maximum atomic E-state index is 14.9. The van der Waals surface area contributed by atoms with Gasteiger partial charge in [-0.3, -0.25) is 4.79 Å². The van der Waals surface area contributed by atoms with E-state index in [0.29, 0.717) is 25.2 Å². The molecule has 0 bridgehead atoms. The molecule has 0 radical (unpaired) electrons. The van der Waals surface area contributed by atoms with Gasteiger partial charge in [-0.1, -0.05) is 6.07 Å². The number of hydrogen-bond acceptors (Lipinski definition) is 4. The minimum absolute atomic E-state index is 0.0791. The molecular weight excluding hydrogens is 378 g/mol. The van der Waals surface area contributed by atoms with Gasteiger partial charge in [0.1, 0.15) is 17.5 Å². The number of rotatable bonds is 4. The van der Waals surface area contributed by atoms with Crippen LogP contribution in [0, 0.1) is 18.6 Å². The third-order valence-electron chi connectivity index (χ3n) is 5.05. The van der Waals surface area contributed by atoms with Crippen LogP contribution < -0.4 is 10.6 Å². The summed E-state index contributed by atoms with van der Waals surface area (Å²) in [5.74, 6) is -2.04. The summed E-state index contributed by atoms with van der Waals surface area (Å²) in [6, 6.07) is 7.78. The maximum Gasteiger partial charge on any atom is 0.251 e. The van der Waals surface area contributed by atoms with E-state index in [1.54, 1.807) is 4.57 Å². The van der Waals surface area contributed by atoms with Crippen LogP contribution in [0.15, 0.2) is 30.3 Å². The number of carbonyl (C=O) groups is 1. The third-order valence-corrected chi connectivity index (χ3v) is 5.05. The molecule has 1 atom stereocenters. The Hall–Kier alpha value is -2.84. The zero-order chi connectivity index (χ0) is 20.5. The van der Waals surface area contributed by atoms with Crippen molar-refractivity contribution in [2.24, 2.45) is 0 Å². The molecule has 1 aliphatic rings. The van der Waals surface area contributed by atoms with Crippen LogP contribution in [0.5, 0.6) is 0 Å². The van der Waals surface area contributed by atoms with Gasteiger partial charge in [0, 0.05) is 25.7 Å². The van der Waals surface area contributed by atoms with E-state index < -0.39 is 17.5 Å². The number of aromatic nitrogens is 2. The van der Waals surface area contributed by atoms with Gasteiger partial charge < -0.3 is 19.9 Å². The Labute approximate surface area is 166 Å². The van der Waals surface area contributed by atoms with Gasteiger partial charge in [-0.05, 0) is 36.8 Å². The number of aryl methyl sites for hydroxylation is 1. The first-order valence-electron chi connectivity index (χ1n) is 9.48. The fraction of sp³-hybridized carbons (Fsp3) is 0.333. The van der Waals surface area contributed by atoms with Crippen molar-refractivity contribution >= 4 is 16.9 Å². The number of hydrogen-bond donors (Lipinski definition) is 2. The number of nitrogens with one attached hydrogen (secondary N) is 2. The lowest BCUT2D eigenvalue weighted by Gasteiger charge is -2.25. The molecule has 2 N–H and O–H groups in total. The average Bonchev–Trinajstić information content (AvgIpc) is 3.04. The minimum Gasteiger partial charge on any atom is -0.374 e. The van der Waals surface area contributed by atoms with E-state index in [9.17, 15) is 13.6 Å². The number of ether oxygens (including phenoxy) is 1. The van der Waals surface area contributed by atoms with Crippen molar-refractivity contribution in [3.8, 4) is 11.4 Å². The molecular formula is C21H22F2N4O2. The number of imidazole rings is 1. The van der Waals surface area contributed by atoms with E-state index in [-0.39, 0.29) is 23.1 Å². The highest BCUT2D eigenvalue weighted by Gasteiger charge is 2.24. The highest BCUT2D eigenvalue weighted by atomic mass is 19.1. The Morgan fingerprint density at radius 1 is 1.31 bits per heavy atom. The van der Waals surface area contributed by atoms with Crippen molar-refractivity contribution in [2.45, 2.75) is 19.6 Å². The lowest BCUT2D eigenvalue weighted by atomic mass is 10.1. The highest BCUT2D eigenvalue weighted by molar-refractivity contribution is 5.94. The van der Waals surface area contributed by atoms with E-state index in [2.05, 4.69) is 15.6 Å². The summed E-state index contributed by atoms with van der Waals surface area (Å²) < 4.78 is 37.5. The van der Waals surface area contributed by atoms with Crippen molar-refractivity contribution in [1.82, 2.24) is 20.2 Å². The van der Waals surface area contributed by atoms with Gasteiger partial charge in [-0.25, -0.2) is 13.8 Å². The van der Waals surface area contributed by atoms with Gasteiger partial charge in [-0.2, -0.15) is 0 Å². The number of amides is 1. The molecule has 3 aromatic rings. The Morgan fingerprint density at radius 2 is 2.07 bits per heavy atom. The molecule has 6 nitrogen and oxygen atoms in total. The summed E-state index contributed by atoms with van der Waals surface area (Å²) in [7, 11) is 1.41. The first-order valence-corrected chi connectivity index (χ1v) is 9.48. The standard InChI is InChI=1S/C21H22F2N4O2/c1-12-3-4-18-17(7-12)26-20(27(18)11-14-10-25-5-6-29-14)19-15(22)8-13(9-16(19)23)21(28)24-2/h3-4,7-9,14,25H,5-6,10-11H2,1-2H3,(H,24,28)/t14-/m0/s1. The summed E-state index contributed by atoms with van der Waals surface area (Å²) in [6.07, 6.45) is -0.141. The van der Waals surface area contributed by atoms with Crippen molar-refractivity contribution in [3.63, 3.8) is 0 Å². The molecule has 4 rings (SSSR count). The van der Waals surface area contributed by atoms with E-state index in [1.807, 2.05) is 25.1 Å². The van der Waals surface area contributed by atoms with Crippen LogP contribution >= 0.6 is 0 Å². The molecule has 0 unspecified atom stereocenters. The predicted molar refractivity (Wildman–Crippen MR) is 106 cm³/mol. The second kappa shape index (κ2) is 7.88. The first kappa shape index (κ1) is 19.5. The molecule has 0 saturated carbocycles. The maximum absolute atomic E-state index is 14.9. The van der Waals surface area contributed by atoms with Crippen molar-refractivity contribution < 1.29 is 18.3 Å². The van der Waals surface area contributed by atoms with Crippen molar-refractivity contribution in [2.75, 3.05) is 26.7 Å². The monoisotopic (exact) mass is 400 g/mol. The summed E-state index contributed by atoms with van der Waals surface area (Å²) in [5.41, 5.74) is 2.09. The number of fused-ring (bicyclic) bond motifs is 1. The summed E-state index contributed by atoms with van der Waals surface area (Å²) in [4.78, 5) is 16.3. The van der Waals surface area contributed by atoms with Gasteiger partial charge in [0.05, 0.1) is 35.9 Å². The second-order valence-corrected chi connectivity index (χ2v) is 7.13. The molecule has 1 amide bonds. The predicted octanol–water partition coefficient (Wildman–Crippen LogP) is 2.64. The summed E-state index contributed by atoms with van der Waals surface area (Å²) in [6.45, 7) is 4.34. The Bertz CT molecular complexity index is 1050. The van der Waals surface area contributed by atoms with Crippen LogP contribution in [-0.4, -0.2) is 48.3 Å². The average molecular weight is 400 g/mol. The molecule has 1 aliphatic heterocycles. The van der Waals surface area contributed by atoms with Gasteiger partial charge in [0.2, 0.25) is 0 Å². The van der Waals surface area contributed by atoms with E-state index in [1.165, 1.54) is 7.05 Å². The summed E-state index contributed by atoms with van der Waals surface area (Å²) >= 11 is 0. The molecule has 0 aliphatic carbocycles. The normalized spacial score (nSPS) is 16.9. The molecule has 8 heteroatoms. The van der Waals surface area contributed by atoms with Crippen LogP contribution in [0.4, 0.5) is 8.78 Å². The van der Waals surface area contributed by atoms with Gasteiger partial charge in [-0.15, -0.1) is 0 Å². The number of carbonyl (C=O) groups excluding carboxylic acids is 1. The number of benzene rings is 2. The van der Waals surface area contributed by atoms with Crippen LogP contribution in [0.25, 0.3) is 22.4 Å². The Balaban J connectivity index is 1.86. The van der Waals surface area contributed by atoms with Crippen LogP contribution in [0.2, 0.25) is 0 Å². The highest BCUT2D eigenvalue weighted by Crippen LogP contribution is 2.31. The second-order valence-electron chi connectivity index (χ2n) is 7.13. The number of nitrogens with zero attached hydrogens (tertiary/aromatic N) is 2. The Morgan fingerprint density at radius 3 is 2.72 bits per heavy atom. The van der Waals surface area contributed by atoms with E-state index >= 15 is 0 Å². The van der Waals surface area contributed by atoms with Gasteiger partial charge in [0.25, 0.3) is 5.91 Å². The zero-order valence-electron chi connectivity index (χ0n) is 16.3. The number of morpholine rings is 1. The molecule has 2 aromatic carbocycles. The minimum atomic E-state index is -0.834. The zero-order valence-corrected chi connectivity index (χ0v) is 16.3. The first-order chi connectivity index (χ1) is 14.0. The summed E-state index contributed by atoms with van der Waals surface area (Å²) in [5, 5.41) is 5.63. The Kier molecular flexibility index (Phi) is 5.29. The third kappa shape index (κ3) is 3.73. The van der Waals surface area contributed by atoms with Crippen LogP contribution in [0.3, 0.4) is 0 Å². The topological polar surface area (TPSA) is 68.2 Å². The molecule has 1 saturated heterocycles. The lowest BCUT2D eigenvalue weighted by Crippen LogP contribution is -2.40. The smallest absolute Gasteiger partial charge is 0.251 e. The molecule has 2 heterocycles. The molecule has 0 spiro atoms. The van der Waals surface area contributed by atoms with Crippen LogP contribution in [-0.2, 0) is 11.3 Å². The van der Waals surface area contributed by atoms with Gasteiger partial charge >= 0.3 is 0 Å².